The van der Waals surface area contributed by atoms with E-state index in [9.17, 15) is 14.4 Å². The van der Waals surface area contributed by atoms with Crippen molar-refractivity contribution >= 4 is 29.3 Å². The van der Waals surface area contributed by atoms with Crippen molar-refractivity contribution in [3.63, 3.8) is 0 Å². The molecule has 0 spiro atoms. The van der Waals surface area contributed by atoms with Gasteiger partial charge in [0.15, 0.2) is 0 Å². The second-order valence-corrected chi connectivity index (χ2v) is 10.8. The van der Waals surface area contributed by atoms with E-state index in [0.29, 0.717) is 30.9 Å². The van der Waals surface area contributed by atoms with Gasteiger partial charge in [-0.2, -0.15) is 5.10 Å². The van der Waals surface area contributed by atoms with E-state index >= 15 is 0 Å². The van der Waals surface area contributed by atoms with E-state index in [2.05, 4.69) is 39.5 Å². The number of hydrogen-bond donors (Lipinski definition) is 2. The molecule has 1 aliphatic carbocycles. The van der Waals surface area contributed by atoms with Gasteiger partial charge < -0.3 is 15.0 Å². The summed E-state index contributed by atoms with van der Waals surface area (Å²) < 4.78 is 7.70. The van der Waals surface area contributed by atoms with Crippen LogP contribution in [0.3, 0.4) is 0 Å². The normalized spacial score (nSPS) is 15.1. The van der Waals surface area contributed by atoms with Gasteiger partial charge in [-0.25, -0.2) is 4.79 Å². The molecule has 6 rings (SSSR count). The highest BCUT2D eigenvalue weighted by Gasteiger charge is 2.31. The Hall–Kier alpha value is -4.66. The van der Waals surface area contributed by atoms with Gasteiger partial charge in [-0.3, -0.25) is 19.6 Å². The molecule has 2 aliphatic rings. The summed E-state index contributed by atoms with van der Waals surface area (Å²) in [6.45, 7) is 6.19. The molecule has 3 aromatic carbocycles. The van der Waals surface area contributed by atoms with E-state index < -0.39 is 12.1 Å². The molecule has 1 atom stereocenters. The molecule has 9 nitrogen and oxygen atoms in total. The molecule has 1 fully saturated rings. The molecule has 1 aromatic heterocycles. The number of urea groups is 1. The molecule has 9 heteroatoms. The molecule has 4 amide bonds. The van der Waals surface area contributed by atoms with Crippen molar-refractivity contribution in [2.75, 3.05) is 13.2 Å². The molecule has 0 saturated heterocycles. The fourth-order valence-electron chi connectivity index (χ4n) is 5.66. The summed E-state index contributed by atoms with van der Waals surface area (Å²) in [6, 6.07) is 16.7. The lowest BCUT2D eigenvalue weighted by atomic mass is 9.98. The summed E-state index contributed by atoms with van der Waals surface area (Å²) in [5.41, 5.74) is 6.84. The molecule has 2 N–H and O–H groups in total. The Labute approximate surface area is 238 Å². The van der Waals surface area contributed by atoms with Gasteiger partial charge in [0.25, 0.3) is 5.91 Å². The number of imide groups is 1. The second kappa shape index (κ2) is 11.1. The Morgan fingerprint density at radius 2 is 1.93 bits per heavy atom. The lowest BCUT2D eigenvalue weighted by Gasteiger charge is -2.25. The van der Waals surface area contributed by atoms with Gasteiger partial charge in [0.05, 0.1) is 24.4 Å². The topological polar surface area (TPSA) is 106 Å². The molecule has 0 radical (unpaired) electrons. The molecule has 0 unspecified atom stereocenters. The number of hydrogen-bond acceptors (Lipinski definition) is 5. The number of nitrogens with one attached hydrogen (secondary N) is 2. The van der Waals surface area contributed by atoms with Crippen molar-refractivity contribution < 1.29 is 19.1 Å². The summed E-state index contributed by atoms with van der Waals surface area (Å²) >= 11 is 0. The molecule has 4 aromatic rings. The van der Waals surface area contributed by atoms with Crippen molar-refractivity contribution in [3.8, 4) is 16.9 Å². The fourth-order valence-corrected chi connectivity index (χ4v) is 5.66. The Morgan fingerprint density at radius 3 is 2.66 bits per heavy atom. The highest BCUT2D eigenvalue weighted by molar-refractivity contribution is 5.99. The van der Waals surface area contributed by atoms with Gasteiger partial charge >= 0.3 is 6.03 Å². The van der Waals surface area contributed by atoms with Crippen LogP contribution < -0.4 is 15.4 Å². The Balaban J connectivity index is 1.23. The van der Waals surface area contributed by atoms with Gasteiger partial charge in [0.1, 0.15) is 5.75 Å². The number of ether oxygens (including phenoxy) is 1. The molecule has 1 aliphatic heterocycles. The summed E-state index contributed by atoms with van der Waals surface area (Å²) in [4.78, 5) is 38.2. The standard InChI is InChI=1S/C32H33N5O4/c1-3-41-27-11-10-24-17-36(31(39)28(24)14-27)18-29(35-32(40)33-19-38)23-8-6-22(7-9-23)25-12-20(2)30-26(13-25)15-34-37(30)16-21-4-5-21/h6-15,19,21,29H,3-5,16-18H2,1-2H3,(H2,33,35,38,40)/t29-/m0/s1. The third-order valence-corrected chi connectivity index (χ3v) is 7.87. The highest BCUT2D eigenvalue weighted by Crippen LogP contribution is 2.34. The number of nitrogens with zero attached hydrogens (tertiary/aromatic N) is 3. The predicted molar refractivity (Wildman–Crippen MR) is 155 cm³/mol. The zero-order chi connectivity index (χ0) is 28.5. The van der Waals surface area contributed by atoms with Crippen LogP contribution in [0, 0.1) is 12.8 Å². The number of amides is 4. The number of carbonyl (C=O) groups is 3. The summed E-state index contributed by atoms with van der Waals surface area (Å²) in [5.74, 6) is 1.28. The quantitative estimate of drug-likeness (QED) is 0.271. The predicted octanol–water partition coefficient (Wildman–Crippen LogP) is 4.97. The Bertz CT molecular complexity index is 1620. The Morgan fingerprint density at radius 1 is 1.12 bits per heavy atom. The second-order valence-electron chi connectivity index (χ2n) is 10.8. The van der Waals surface area contributed by atoms with E-state index in [-0.39, 0.29) is 12.5 Å². The minimum absolute atomic E-state index is 0.119. The minimum atomic E-state index is -0.624. The first-order valence-corrected chi connectivity index (χ1v) is 14.1. The van der Waals surface area contributed by atoms with Crippen molar-refractivity contribution in [1.29, 1.82) is 0 Å². The van der Waals surface area contributed by atoms with Crippen LogP contribution in [0.4, 0.5) is 4.79 Å². The van der Waals surface area contributed by atoms with Crippen molar-refractivity contribution in [1.82, 2.24) is 25.3 Å². The van der Waals surface area contributed by atoms with Gasteiger partial charge in [0.2, 0.25) is 6.41 Å². The molecule has 41 heavy (non-hydrogen) atoms. The Kier molecular flexibility index (Phi) is 7.17. The maximum atomic E-state index is 13.3. The number of aryl methyl sites for hydroxylation is 1. The maximum absolute atomic E-state index is 13.3. The molecule has 1 saturated carbocycles. The van der Waals surface area contributed by atoms with Crippen LogP contribution in [0.1, 0.15) is 52.9 Å². The smallest absolute Gasteiger partial charge is 0.321 e. The first-order valence-electron chi connectivity index (χ1n) is 14.1. The molecular formula is C32H33N5O4. The lowest BCUT2D eigenvalue weighted by molar-refractivity contribution is -0.108. The van der Waals surface area contributed by atoms with Crippen molar-refractivity contribution in [3.05, 3.63) is 83.0 Å². The van der Waals surface area contributed by atoms with E-state index in [0.717, 1.165) is 40.1 Å². The van der Waals surface area contributed by atoms with Gasteiger partial charge in [-0.15, -0.1) is 0 Å². The third kappa shape index (κ3) is 5.52. The van der Waals surface area contributed by atoms with Crippen LogP contribution in [0.5, 0.6) is 5.75 Å². The molecule has 2 heterocycles. The van der Waals surface area contributed by atoms with Crippen LogP contribution in [0.2, 0.25) is 0 Å². The summed E-state index contributed by atoms with van der Waals surface area (Å²) in [7, 11) is 0. The first-order chi connectivity index (χ1) is 19.9. The van der Waals surface area contributed by atoms with Gasteiger partial charge in [-0.05, 0) is 84.7 Å². The van der Waals surface area contributed by atoms with Gasteiger partial charge in [0, 0.05) is 30.6 Å². The van der Waals surface area contributed by atoms with E-state index in [4.69, 9.17) is 4.74 Å². The van der Waals surface area contributed by atoms with Crippen LogP contribution in [0.25, 0.3) is 22.0 Å². The zero-order valence-electron chi connectivity index (χ0n) is 23.2. The molecule has 0 bridgehead atoms. The number of fused-ring (bicyclic) bond motifs is 2. The summed E-state index contributed by atoms with van der Waals surface area (Å²) in [6.07, 6.45) is 4.85. The molecular weight excluding hydrogens is 518 g/mol. The van der Waals surface area contributed by atoms with Crippen molar-refractivity contribution in [2.24, 2.45) is 5.92 Å². The van der Waals surface area contributed by atoms with E-state index in [1.165, 1.54) is 23.9 Å². The van der Waals surface area contributed by atoms with Crippen LogP contribution in [-0.2, 0) is 17.9 Å². The van der Waals surface area contributed by atoms with Crippen LogP contribution >= 0.6 is 0 Å². The average Bonchev–Trinajstić information content (AvgIpc) is 3.61. The SMILES string of the molecule is CCOc1ccc2c(c1)C(=O)N(C[C@H](NC(=O)NC=O)c1ccc(-c3cc(C)c4c(cnn4CC4CC4)c3)cc1)C2. The number of rotatable bonds is 10. The highest BCUT2D eigenvalue weighted by atomic mass is 16.5. The van der Waals surface area contributed by atoms with Crippen LogP contribution in [-0.4, -0.2) is 46.2 Å². The van der Waals surface area contributed by atoms with Gasteiger partial charge in [-0.1, -0.05) is 30.3 Å². The number of aromatic nitrogens is 2. The maximum Gasteiger partial charge on any atom is 0.321 e. The third-order valence-electron chi connectivity index (χ3n) is 7.87. The average molecular weight is 552 g/mol. The van der Waals surface area contributed by atoms with Crippen LogP contribution in [0.15, 0.2) is 60.8 Å². The first kappa shape index (κ1) is 26.6. The zero-order valence-corrected chi connectivity index (χ0v) is 23.2. The number of benzene rings is 3. The fraction of sp³-hybridized carbons (Fsp3) is 0.312. The monoisotopic (exact) mass is 551 g/mol. The largest absolute Gasteiger partial charge is 0.494 e. The lowest BCUT2D eigenvalue weighted by Crippen LogP contribution is -2.42. The molecule has 210 valence electrons. The number of carbonyl (C=O) groups excluding carboxylic acids is 3. The summed E-state index contributed by atoms with van der Waals surface area (Å²) in [5, 5.41) is 10.7. The van der Waals surface area contributed by atoms with E-state index in [1.54, 1.807) is 11.0 Å². The van der Waals surface area contributed by atoms with E-state index in [1.807, 2.05) is 49.5 Å². The van der Waals surface area contributed by atoms with Crippen molar-refractivity contribution in [2.45, 2.75) is 45.8 Å². The minimum Gasteiger partial charge on any atom is -0.494 e.